The van der Waals surface area contributed by atoms with Crippen molar-refractivity contribution in [2.45, 2.75) is 6.92 Å². The lowest BCUT2D eigenvalue weighted by molar-refractivity contribution is 0.631. The summed E-state index contributed by atoms with van der Waals surface area (Å²) in [6.45, 7) is 1.94. The number of halogens is 1. The van der Waals surface area contributed by atoms with Gasteiger partial charge in [-0.15, -0.1) is 0 Å². The number of anilines is 1. The van der Waals surface area contributed by atoms with Crippen molar-refractivity contribution in [1.82, 2.24) is 4.98 Å². The molecule has 0 spiro atoms. The SMILES string of the molecule is Cc1cnc(-c2ccccc2F)c(-c2ccc(N)c(C=N)c2)c1. The molecule has 0 fully saturated rings. The van der Waals surface area contributed by atoms with Gasteiger partial charge in [0, 0.05) is 34.8 Å². The highest BCUT2D eigenvalue weighted by Gasteiger charge is 2.13. The Morgan fingerprint density at radius 3 is 2.61 bits per heavy atom. The maximum atomic E-state index is 14.2. The van der Waals surface area contributed by atoms with E-state index in [1.807, 2.05) is 25.1 Å². The molecule has 0 radical (unpaired) electrons. The standard InChI is InChI=1S/C19H16FN3/c1-12-8-16(13-6-7-18(22)14(9-13)10-21)19(23-11-12)15-4-2-3-5-17(15)20/h2-11,21H,22H2,1H3. The summed E-state index contributed by atoms with van der Waals surface area (Å²) in [4.78, 5) is 4.44. The number of aromatic nitrogens is 1. The first-order valence-corrected chi connectivity index (χ1v) is 7.22. The van der Waals surface area contributed by atoms with E-state index in [9.17, 15) is 4.39 Å². The third-order valence-electron chi connectivity index (χ3n) is 3.71. The van der Waals surface area contributed by atoms with Crippen molar-refractivity contribution in [2.75, 3.05) is 5.73 Å². The molecule has 0 unspecified atom stereocenters. The number of nitrogens with one attached hydrogen (secondary N) is 1. The zero-order chi connectivity index (χ0) is 16.4. The first kappa shape index (κ1) is 14.9. The molecule has 1 heterocycles. The van der Waals surface area contributed by atoms with E-state index in [-0.39, 0.29) is 5.82 Å². The van der Waals surface area contributed by atoms with Crippen molar-refractivity contribution in [3.05, 3.63) is 71.7 Å². The van der Waals surface area contributed by atoms with Crippen molar-refractivity contribution in [3.63, 3.8) is 0 Å². The van der Waals surface area contributed by atoms with Crippen LogP contribution in [0.2, 0.25) is 0 Å². The van der Waals surface area contributed by atoms with Crippen LogP contribution in [0.25, 0.3) is 22.4 Å². The molecule has 0 aliphatic heterocycles. The Morgan fingerprint density at radius 1 is 1.09 bits per heavy atom. The number of aryl methyl sites for hydroxylation is 1. The summed E-state index contributed by atoms with van der Waals surface area (Å²) in [5, 5.41) is 7.46. The molecular formula is C19H16FN3. The minimum atomic E-state index is -0.312. The number of pyridine rings is 1. The number of hydrogen-bond donors (Lipinski definition) is 2. The summed E-state index contributed by atoms with van der Waals surface area (Å²) in [5.74, 6) is -0.312. The van der Waals surface area contributed by atoms with Gasteiger partial charge in [0.15, 0.2) is 0 Å². The van der Waals surface area contributed by atoms with Crippen LogP contribution in [0.3, 0.4) is 0 Å². The Kier molecular flexibility index (Phi) is 3.89. The molecule has 3 aromatic rings. The van der Waals surface area contributed by atoms with Crippen LogP contribution in [0.15, 0.2) is 54.7 Å². The summed E-state index contributed by atoms with van der Waals surface area (Å²) in [6.07, 6.45) is 2.94. The van der Waals surface area contributed by atoms with E-state index in [1.165, 1.54) is 12.3 Å². The highest BCUT2D eigenvalue weighted by atomic mass is 19.1. The maximum Gasteiger partial charge on any atom is 0.132 e. The van der Waals surface area contributed by atoms with E-state index in [1.54, 1.807) is 30.5 Å². The molecule has 3 N–H and O–H groups in total. The molecule has 0 aliphatic carbocycles. The zero-order valence-electron chi connectivity index (χ0n) is 12.7. The largest absolute Gasteiger partial charge is 0.398 e. The van der Waals surface area contributed by atoms with Crippen molar-refractivity contribution in [1.29, 1.82) is 5.41 Å². The fraction of sp³-hybridized carbons (Fsp3) is 0.0526. The van der Waals surface area contributed by atoms with E-state index in [2.05, 4.69) is 4.98 Å². The fourth-order valence-corrected chi connectivity index (χ4v) is 2.52. The second-order valence-corrected chi connectivity index (χ2v) is 5.38. The number of nitrogens with two attached hydrogens (primary N) is 1. The molecule has 3 rings (SSSR count). The highest BCUT2D eigenvalue weighted by Crippen LogP contribution is 2.33. The van der Waals surface area contributed by atoms with E-state index in [4.69, 9.17) is 11.1 Å². The molecule has 0 saturated carbocycles. The molecule has 0 bridgehead atoms. The summed E-state index contributed by atoms with van der Waals surface area (Å²) < 4.78 is 14.2. The van der Waals surface area contributed by atoms with Crippen molar-refractivity contribution < 1.29 is 4.39 Å². The van der Waals surface area contributed by atoms with E-state index in [0.29, 0.717) is 22.5 Å². The number of rotatable bonds is 3. The Labute approximate surface area is 134 Å². The van der Waals surface area contributed by atoms with Gasteiger partial charge in [-0.3, -0.25) is 4.98 Å². The lowest BCUT2D eigenvalue weighted by Crippen LogP contribution is -1.96. The molecular weight excluding hydrogens is 289 g/mol. The molecule has 0 atom stereocenters. The normalized spacial score (nSPS) is 10.5. The smallest absolute Gasteiger partial charge is 0.132 e. The van der Waals surface area contributed by atoms with E-state index in [0.717, 1.165) is 16.7 Å². The molecule has 0 saturated heterocycles. The minimum absolute atomic E-state index is 0.312. The maximum absolute atomic E-state index is 14.2. The Balaban J connectivity index is 2.25. The van der Waals surface area contributed by atoms with Gasteiger partial charge in [-0.2, -0.15) is 0 Å². The number of benzene rings is 2. The van der Waals surface area contributed by atoms with Gasteiger partial charge in [-0.05, 0) is 48.4 Å². The lowest BCUT2D eigenvalue weighted by atomic mass is 9.96. The van der Waals surface area contributed by atoms with Crippen LogP contribution in [0.4, 0.5) is 10.1 Å². The monoisotopic (exact) mass is 305 g/mol. The van der Waals surface area contributed by atoms with Crippen LogP contribution in [-0.2, 0) is 0 Å². The first-order chi connectivity index (χ1) is 11.1. The van der Waals surface area contributed by atoms with Crippen LogP contribution in [0.5, 0.6) is 0 Å². The van der Waals surface area contributed by atoms with Gasteiger partial charge >= 0.3 is 0 Å². The fourth-order valence-electron chi connectivity index (χ4n) is 2.52. The summed E-state index contributed by atoms with van der Waals surface area (Å²) in [7, 11) is 0. The quantitative estimate of drug-likeness (QED) is 0.555. The van der Waals surface area contributed by atoms with Crippen molar-refractivity contribution >= 4 is 11.9 Å². The molecule has 23 heavy (non-hydrogen) atoms. The van der Waals surface area contributed by atoms with Gasteiger partial charge in [-0.25, -0.2) is 4.39 Å². The molecule has 3 nitrogen and oxygen atoms in total. The molecule has 4 heteroatoms. The summed E-state index contributed by atoms with van der Waals surface area (Å²) in [5.41, 5.74) is 10.7. The zero-order valence-corrected chi connectivity index (χ0v) is 12.7. The average molecular weight is 305 g/mol. The average Bonchev–Trinajstić information content (AvgIpc) is 2.56. The van der Waals surface area contributed by atoms with Gasteiger partial charge in [0.1, 0.15) is 5.82 Å². The predicted octanol–water partition coefficient (Wildman–Crippen LogP) is 4.44. The highest BCUT2D eigenvalue weighted by molar-refractivity contribution is 5.90. The summed E-state index contributed by atoms with van der Waals surface area (Å²) >= 11 is 0. The molecule has 0 aliphatic rings. The predicted molar refractivity (Wildman–Crippen MR) is 92.1 cm³/mol. The second kappa shape index (κ2) is 6.01. The van der Waals surface area contributed by atoms with Crippen LogP contribution in [0.1, 0.15) is 11.1 Å². The summed E-state index contributed by atoms with van der Waals surface area (Å²) in [6, 6.07) is 14.0. The lowest BCUT2D eigenvalue weighted by Gasteiger charge is -2.12. The Hall–Kier alpha value is -3.01. The number of nitrogen functional groups attached to an aromatic ring is 1. The van der Waals surface area contributed by atoms with E-state index >= 15 is 0 Å². The first-order valence-electron chi connectivity index (χ1n) is 7.22. The van der Waals surface area contributed by atoms with Gasteiger partial charge in [0.05, 0.1) is 5.69 Å². The van der Waals surface area contributed by atoms with Gasteiger partial charge in [0.25, 0.3) is 0 Å². The molecule has 1 aromatic heterocycles. The van der Waals surface area contributed by atoms with Crippen LogP contribution in [-0.4, -0.2) is 11.2 Å². The van der Waals surface area contributed by atoms with Crippen molar-refractivity contribution in [2.24, 2.45) is 0 Å². The topological polar surface area (TPSA) is 62.8 Å². The minimum Gasteiger partial charge on any atom is -0.398 e. The number of hydrogen-bond acceptors (Lipinski definition) is 3. The Bertz CT molecular complexity index is 888. The second-order valence-electron chi connectivity index (χ2n) is 5.38. The van der Waals surface area contributed by atoms with E-state index < -0.39 is 0 Å². The van der Waals surface area contributed by atoms with Crippen LogP contribution < -0.4 is 5.73 Å². The third kappa shape index (κ3) is 2.83. The number of nitrogens with zero attached hydrogens (tertiary/aromatic N) is 1. The van der Waals surface area contributed by atoms with Gasteiger partial charge in [0.2, 0.25) is 0 Å². The van der Waals surface area contributed by atoms with Crippen molar-refractivity contribution in [3.8, 4) is 22.4 Å². The van der Waals surface area contributed by atoms with Crippen LogP contribution >= 0.6 is 0 Å². The third-order valence-corrected chi connectivity index (χ3v) is 3.71. The Morgan fingerprint density at radius 2 is 1.87 bits per heavy atom. The molecule has 2 aromatic carbocycles. The molecule has 0 amide bonds. The van der Waals surface area contributed by atoms with Gasteiger partial charge < -0.3 is 11.1 Å². The van der Waals surface area contributed by atoms with Crippen LogP contribution in [0, 0.1) is 18.2 Å². The molecule has 114 valence electrons. The van der Waals surface area contributed by atoms with Gasteiger partial charge in [-0.1, -0.05) is 18.2 Å².